The minimum atomic E-state index is -3.62. The van der Waals surface area contributed by atoms with E-state index in [1.807, 2.05) is 6.92 Å². The normalized spacial score (nSPS) is 16.5. The number of carbonyl (C=O) groups is 3. The van der Waals surface area contributed by atoms with Gasteiger partial charge in [-0.25, -0.2) is 8.42 Å². The lowest BCUT2D eigenvalue weighted by Gasteiger charge is -2.31. The summed E-state index contributed by atoms with van der Waals surface area (Å²) in [5, 5.41) is 2.83. The first-order valence-electron chi connectivity index (χ1n) is 11.5. The molecule has 7 nitrogen and oxygen atoms in total. The molecule has 3 aromatic carbocycles. The first-order valence-corrected chi connectivity index (χ1v) is 12.9. The van der Waals surface area contributed by atoms with E-state index < -0.39 is 15.9 Å². The predicted molar refractivity (Wildman–Crippen MR) is 131 cm³/mol. The smallest absolute Gasteiger partial charge is 0.243 e. The van der Waals surface area contributed by atoms with Gasteiger partial charge in [0.2, 0.25) is 15.9 Å². The van der Waals surface area contributed by atoms with E-state index in [0.717, 1.165) is 5.56 Å². The Labute approximate surface area is 203 Å². The number of rotatable bonds is 4. The number of benzene rings is 3. The van der Waals surface area contributed by atoms with Crippen molar-refractivity contribution in [2.45, 2.75) is 24.7 Å². The van der Waals surface area contributed by atoms with Crippen molar-refractivity contribution in [1.82, 2.24) is 4.31 Å². The molecule has 178 valence electrons. The van der Waals surface area contributed by atoms with Crippen LogP contribution in [0.2, 0.25) is 0 Å². The highest BCUT2D eigenvalue weighted by Gasteiger charge is 2.34. The molecule has 0 spiro atoms. The van der Waals surface area contributed by atoms with Crippen LogP contribution in [0.4, 0.5) is 5.69 Å². The number of nitrogens with zero attached hydrogens (tertiary/aromatic N) is 1. The quantitative estimate of drug-likeness (QED) is 0.471. The first-order chi connectivity index (χ1) is 16.8. The van der Waals surface area contributed by atoms with Crippen LogP contribution in [0.1, 0.15) is 50.2 Å². The van der Waals surface area contributed by atoms with Crippen molar-refractivity contribution in [3.05, 3.63) is 94.5 Å². The molecule has 0 unspecified atom stereocenters. The number of piperidine rings is 1. The van der Waals surface area contributed by atoms with Crippen molar-refractivity contribution in [3.8, 4) is 0 Å². The monoisotopic (exact) mass is 488 g/mol. The molecule has 1 saturated heterocycles. The van der Waals surface area contributed by atoms with Crippen LogP contribution in [0.15, 0.2) is 71.6 Å². The minimum Gasteiger partial charge on any atom is -0.325 e. The summed E-state index contributed by atoms with van der Waals surface area (Å²) in [4.78, 5) is 39.4. The van der Waals surface area contributed by atoms with Gasteiger partial charge in [0.15, 0.2) is 11.6 Å². The van der Waals surface area contributed by atoms with Crippen LogP contribution in [0, 0.1) is 12.8 Å². The van der Waals surface area contributed by atoms with Crippen molar-refractivity contribution in [2.75, 3.05) is 18.4 Å². The molecule has 0 bridgehead atoms. The lowest BCUT2D eigenvalue weighted by atomic mass is 9.83. The Hall–Kier alpha value is -3.62. The van der Waals surface area contributed by atoms with Crippen molar-refractivity contribution in [3.63, 3.8) is 0 Å². The maximum absolute atomic E-state index is 13.2. The van der Waals surface area contributed by atoms with E-state index in [4.69, 9.17) is 0 Å². The third kappa shape index (κ3) is 4.09. The van der Waals surface area contributed by atoms with Crippen molar-refractivity contribution in [2.24, 2.45) is 5.92 Å². The average Bonchev–Trinajstić information content (AvgIpc) is 2.87. The number of sulfonamides is 1. The first kappa shape index (κ1) is 23.1. The number of carbonyl (C=O) groups excluding carboxylic acids is 3. The molecule has 35 heavy (non-hydrogen) atoms. The minimum absolute atomic E-state index is 0.198. The van der Waals surface area contributed by atoms with Gasteiger partial charge in [0, 0.05) is 35.7 Å². The van der Waals surface area contributed by atoms with Crippen LogP contribution in [0.5, 0.6) is 0 Å². The Morgan fingerprint density at radius 1 is 0.829 bits per heavy atom. The molecule has 2 aliphatic rings. The molecule has 0 saturated carbocycles. The molecule has 0 aromatic heterocycles. The van der Waals surface area contributed by atoms with E-state index in [1.54, 1.807) is 66.7 Å². The molecule has 8 heteroatoms. The van der Waals surface area contributed by atoms with E-state index >= 15 is 0 Å². The summed E-state index contributed by atoms with van der Waals surface area (Å²) in [6.45, 7) is 2.35. The van der Waals surface area contributed by atoms with Gasteiger partial charge in [0.05, 0.1) is 16.1 Å². The molecular formula is C27H24N2O5S. The summed E-state index contributed by atoms with van der Waals surface area (Å²) in [6.07, 6.45) is 0.726. The van der Waals surface area contributed by atoms with Gasteiger partial charge in [-0.2, -0.15) is 4.31 Å². The van der Waals surface area contributed by atoms with E-state index in [-0.39, 0.29) is 46.6 Å². The number of fused-ring (bicyclic) bond motifs is 2. The lowest BCUT2D eigenvalue weighted by molar-refractivity contribution is -0.120. The standard InChI is InChI=1S/C27H24N2O5S/c1-17-9-11-19(12-10-17)35(33,34)29-15-13-18(14-16-29)27(32)28-23-8-4-7-22-24(23)26(31)21-6-3-2-5-20(21)25(22)30/h2-12,18H,13-16H2,1H3,(H,28,32). The molecule has 1 aliphatic heterocycles. The largest absolute Gasteiger partial charge is 0.325 e. The zero-order valence-electron chi connectivity index (χ0n) is 19.2. The van der Waals surface area contributed by atoms with Crippen molar-refractivity contribution >= 4 is 33.2 Å². The molecule has 0 atom stereocenters. The Kier molecular flexibility index (Phi) is 5.86. The molecular weight excluding hydrogens is 464 g/mol. The summed E-state index contributed by atoms with van der Waals surface area (Å²) in [7, 11) is -3.62. The Balaban J connectivity index is 1.31. The molecule has 0 radical (unpaired) electrons. The van der Waals surface area contributed by atoms with E-state index in [0.29, 0.717) is 29.7 Å². The van der Waals surface area contributed by atoms with Crippen LogP contribution in [-0.2, 0) is 14.8 Å². The molecule has 1 fully saturated rings. The summed E-state index contributed by atoms with van der Waals surface area (Å²) in [5.41, 5.74) is 2.42. The molecule has 3 aromatic rings. The van der Waals surface area contributed by atoms with Gasteiger partial charge in [0.25, 0.3) is 0 Å². The highest BCUT2D eigenvalue weighted by atomic mass is 32.2. The lowest BCUT2D eigenvalue weighted by Crippen LogP contribution is -2.41. The summed E-state index contributed by atoms with van der Waals surface area (Å²) in [5.74, 6) is -1.24. The fraction of sp³-hybridized carbons (Fsp3) is 0.222. The molecule has 5 rings (SSSR count). The van der Waals surface area contributed by atoms with Crippen LogP contribution in [0.3, 0.4) is 0 Å². The van der Waals surface area contributed by atoms with E-state index in [1.165, 1.54) is 4.31 Å². The molecule has 1 heterocycles. The third-order valence-electron chi connectivity index (χ3n) is 6.69. The molecule has 1 N–H and O–H groups in total. The Morgan fingerprint density at radius 3 is 2.09 bits per heavy atom. The highest BCUT2D eigenvalue weighted by molar-refractivity contribution is 7.89. The zero-order valence-corrected chi connectivity index (χ0v) is 20.0. The summed E-state index contributed by atoms with van der Waals surface area (Å²) >= 11 is 0. The van der Waals surface area contributed by atoms with Crippen LogP contribution < -0.4 is 5.32 Å². The van der Waals surface area contributed by atoms with Crippen LogP contribution >= 0.6 is 0 Å². The van der Waals surface area contributed by atoms with Gasteiger partial charge < -0.3 is 5.32 Å². The number of ketones is 2. The Morgan fingerprint density at radius 2 is 1.43 bits per heavy atom. The number of aryl methyl sites for hydroxylation is 1. The predicted octanol–water partition coefficient (Wildman–Crippen LogP) is 3.81. The second-order valence-electron chi connectivity index (χ2n) is 8.91. The van der Waals surface area contributed by atoms with Crippen LogP contribution in [0.25, 0.3) is 0 Å². The summed E-state index contributed by atoms with van der Waals surface area (Å²) in [6, 6.07) is 18.2. The van der Waals surface area contributed by atoms with Gasteiger partial charge in [-0.3, -0.25) is 14.4 Å². The number of nitrogens with one attached hydrogen (secondary N) is 1. The Bertz CT molecular complexity index is 1450. The maximum atomic E-state index is 13.2. The number of hydrogen-bond acceptors (Lipinski definition) is 5. The second kappa shape index (κ2) is 8.87. The maximum Gasteiger partial charge on any atom is 0.243 e. The summed E-state index contributed by atoms with van der Waals surface area (Å²) < 4.78 is 27.3. The topological polar surface area (TPSA) is 101 Å². The number of anilines is 1. The number of amides is 1. The number of hydrogen-bond donors (Lipinski definition) is 1. The average molecular weight is 489 g/mol. The van der Waals surface area contributed by atoms with Crippen molar-refractivity contribution < 1.29 is 22.8 Å². The van der Waals surface area contributed by atoms with Gasteiger partial charge in [-0.1, -0.05) is 54.1 Å². The SMILES string of the molecule is Cc1ccc(S(=O)(=O)N2CCC(C(=O)Nc3cccc4c3C(=O)c3ccccc3C4=O)CC2)cc1. The van der Waals surface area contributed by atoms with Crippen molar-refractivity contribution in [1.29, 1.82) is 0 Å². The van der Waals surface area contributed by atoms with E-state index in [2.05, 4.69) is 5.32 Å². The fourth-order valence-corrected chi connectivity index (χ4v) is 6.17. The van der Waals surface area contributed by atoms with Gasteiger partial charge >= 0.3 is 0 Å². The van der Waals surface area contributed by atoms with E-state index in [9.17, 15) is 22.8 Å². The second-order valence-corrected chi connectivity index (χ2v) is 10.9. The van der Waals surface area contributed by atoms with Gasteiger partial charge in [-0.05, 0) is 38.0 Å². The van der Waals surface area contributed by atoms with Crippen LogP contribution in [-0.4, -0.2) is 43.3 Å². The fourth-order valence-electron chi connectivity index (χ4n) is 4.70. The molecule has 1 amide bonds. The zero-order chi connectivity index (χ0) is 24.7. The third-order valence-corrected chi connectivity index (χ3v) is 8.61. The highest BCUT2D eigenvalue weighted by Crippen LogP contribution is 2.33. The van der Waals surface area contributed by atoms with Gasteiger partial charge in [0.1, 0.15) is 0 Å². The van der Waals surface area contributed by atoms with Gasteiger partial charge in [-0.15, -0.1) is 0 Å². The molecule has 1 aliphatic carbocycles.